The number of ether oxygens (including phenoxy) is 2. The summed E-state index contributed by atoms with van der Waals surface area (Å²) in [4.78, 5) is 4.53. The van der Waals surface area contributed by atoms with Crippen LogP contribution in [0.4, 0.5) is 0 Å². The lowest BCUT2D eigenvalue weighted by atomic mass is 10.1. The van der Waals surface area contributed by atoms with Gasteiger partial charge < -0.3 is 14.3 Å². The Hall–Kier alpha value is -1.10. The third-order valence-corrected chi connectivity index (χ3v) is 2.16. The van der Waals surface area contributed by atoms with Crippen molar-refractivity contribution >= 4 is 0 Å². The molecule has 0 aliphatic carbocycles. The van der Waals surface area contributed by atoms with Crippen molar-refractivity contribution in [2.45, 2.75) is 13.0 Å². The van der Waals surface area contributed by atoms with Crippen LogP contribution in [0, 0.1) is 0 Å². The highest BCUT2D eigenvalue weighted by Crippen LogP contribution is 2.21. The molecule has 0 saturated carbocycles. The van der Waals surface area contributed by atoms with E-state index in [1.165, 1.54) is 0 Å². The molecule has 2 N–H and O–H groups in total. The first-order chi connectivity index (χ1) is 7.31. The molecule has 0 unspecified atom stereocenters. The van der Waals surface area contributed by atoms with Crippen LogP contribution < -0.4 is 10.6 Å². The average Bonchev–Trinajstić information content (AvgIpc) is 2.28. The molecular formula is C11H17NO3. The van der Waals surface area contributed by atoms with E-state index >= 15 is 0 Å². The maximum atomic E-state index is 5.27. The summed E-state index contributed by atoms with van der Waals surface area (Å²) in [6.07, 6.45) is 0.778. The first-order valence-electron chi connectivity index (χ1n) is 4.78. The molecule has 4 nitrogen and oxygen atoms in total. The van der Waals surface area contributed by atoms with E-state index in [0.29, 0.717) is 13.2 Å². The van der Waals surface area contributed by atoms with Gasteiger partial charge in [0.25, 0.3) is 0 Å². The van der Waals surface area contributed by atoms with Crippen molar-refractivity contribution in [3.8, 4) is 5.75 Å². The summed E-state index contributed by atoms with van der Waals surface area (Å²) in [7, 11) is 3.31. The van der Waals surface area contributed by atoms with Gasteiger partial charge in [0, 0.05) is 12.7 Å². The fourth-order valence-corrected chi connectivity index (χ4v) is 1.40. The van der Waals surface area contributed by atoms with E-state index in [1.807, 2.05) is 18.2 Å². The van der Waals surface area contributed by atoms with Gasteiger partial charge in [-0.2, -0.15) is 0 Å². The predicted molar refractivity (Wildman–Crippen MR) is 57.6 cm³/mol. The minimum absolute atomic E-state index is 0.507. The van der Waals surface area contributed by atoms with Crippen molar-refractivity contribution in [1.29, 1.82) is 0 Å². The van der Waals surface area contributed by atoms with Crippen LogP contribution in [-0.4, -0.2) is 20.8 Å². The third-order valence-electron chi connectivity index (χ3n) is 2.16. The molecule has 1 aromatic rings. The molecule has 0 saturated heterocycles. The minimum Gasteiger partial charge on any atom is -0.496 e. The first-order valence-corrected chi connectivity index (χ1v) is 4.78. The van der Waals surface area contributed by atoms with E-state index in [2.05, 4.69) is 4.84 Å². The fraction of sp³-hybridized carbons (Fsp3) is 0.455. The van der Waals surface area contributed by atoms with Gasteiger partial charge in [-0.3, -0.25) is 0 Å². The van der Waals surface area contributed by atoms with Gasteiger partial charge >= 0.3 is 0 Å². The summed E-state index contributed by atoms with van der Waals surface area (Å²) in [5.41, 5.74) is 2.18. The topological polar surface area (TPSA) is 53.7 Å². The van der Waals surface area contributed by atoms with E-state index in [4.69, 9.17) is 15.4 Å². The molecule has 0 heterocycles. The van der Waals surface area contributed by atoms with E-state index in [1.54, 1.807) is 14.2 Å². The fourth-order valence-electron chi connectivity index (χ4n) is 1.40. The zero-order valence-electron chi connectivity index (χ0n) is 9.16. The van der Waals surface area contributed by atoms with Crippen molar-refractivity contribution in [3.63, 3.8) is 0 Å². The number of methoxy groups -OCH3 is 2. The Labute approximate surface area is 89.9 Å². The highest BCUT2D eigenvalue weighted by molar-refractivity contribution is 5.37. The lowest BCUT2D eigenvalue weighted by Crippen LogP contribution is -2.04. The standard InChI is InChI=1S/C11H17NO3/c1-13-8-10-4-3-9(5-6-15-12)7-11(10)14-2/h3-4,7H,5-6,8,12H2,1-2H3. The Morgan fingerprint density at radius 3 is 2.67 bits per heavy atom. The minimum atomic E-state index is 0.507. The molecule has 0 aliphatic heterocycles. The summed E-state index contributed by atoms with van der Waals surface area (Å²) in [5.74, 6) is 5.81. The van der Waals surface area contributed by atoms with Crippen molar-refractivity contribution in [3.05, 3.63) is 29.3 Å². The second-order valence-electron chi connectivity index (χ2n) is 3.20. The molecule has 15 heavy (non-hydrogen) atoms. The van der Waals surface area contributed by atoms with E-state index in [0.717, 1.165) is 23.3 Å². The van der Waals surface area contributed by atoms with E-state index in [-0.39, 0.29) is 0 Å². The molecule has 0 atom stereocenters. The summed E-state index contributed by atoms with van der Waals surface area (Å²) in [6.45, 7) is 1.06. The van der Waals surface area contributed by atoms with E-state index in [9.17, 15) is 0 Å². The van der Waals surface area contributed by atoms with Crippen LogP contribution in [0.25, 0.3) is 0 Å². The monoisotopic (exact) mass is 211 g/mol. The second kappa shape index (κ2) is 6.40. The quantitative estimate of drug-likeness (QED) is 0.720. The third kappa shape index (κ3) is 3.51. The predicted octanol–water partition coefficient (Wildman–Crippen LogP) is 1.27. The van der Waals surface area contributed by atoms with Crippen LogP contribution in [0.15, 0.2) is 18.2 Å². The number of hydrogen-bond donors (Lipinski definition) is 1. The van der Waals surface area contributed by atoms with Crippen molar-refractivity contribution < 1.29 is 14.3 Å². The molecule has 84 valence electrons. The zero-order valence-corrected chi connectivity index (χ0v) is 9.16. The smallest absolute Gasteiger partial charge is 0.124 e. The zero-order chi connectivity index (χ0) is 11.1. The largest absolute Gasteiger partial charge is 0.496 e. The lowest BCUT2D eigenvalue weighted by Gasteiger charge is -2.09. The Morgan fingerprint density at radius 2 is 2.07 bits per heavy atom. The Kier molecular flexibility index (Phi) is 5.10. The number of benzene rings is 1. The molecule has 0 aliphatic rings. The molecule has 0 spiro atoms. The molecular weight excluding hydrogens is 194 g/mol. The average molecular weight is 211 g/mol. The van der Waals surface area contributed by atoms with Crippen molar-refractivity contribution in [2.75, 3.05) is 20.8 Å². The number of hydrogen-bond acceptors (Lipinski definition) is 4. The number of rotatable bonds is 6. The van der Waals surface area contributed by atoms with Crippen LogP contribution in [0.5, 0.6) is 5.75 Å². The van der Waals surface area contributed by atoms with Gasteiger partial charge in [0.1, 0.15) is 5.75 Å². The highest BCUT2D eigenvalue weighted by atomic mass is 16.6. The van der Waals surface area contributed by atoms with Crippen LogP contribution in [0.1, 0.15) is 11.1 Å². The van der Waals surface area contributed by atoms with Crippen LogP contribution in [0.2, 0.25) is 0 Å². The second-order valence-corrected chi connectivity index (χ2v) is 3.20. The van der Waals surface area contributed by atoms with Gasteiger partial charge in [-0.25, -0.2) is 5.90 Å². The maximum Gasteiger partial charge on any atom is 0.124 e. The Morgan fingerprint density at radius 1 is 1.27 bits per heavy atom. The normalized spacial score (nSPS) is 10.3. The molecule has 0 radical (unpaired) electrons. The maximum absolute atomic E-state index is 5.27. The van der Waals surface area contributed by atoms with Crippen molar-refractivity contribution in [2.24, 2.45) is 5.90 Å². The SMILES string of the molecule is COCc1ccc(CCON)cc1OC. The molecule has 0 amide bonds. The van der Waals surface area contributed by atoms with Crippen LogP contribution in [-0.2, 0) is 22.6 Å². The van der Waals surface area contributed by atoms with Gasteiger partial charge in [0.2, 0.25) is 0 Å². The summed E-state index contributed by atoms with van der Waals surface area (Å²) in [5, 5.41) is 0. The molecule has 1 aromatic carbocycles. The Bertz CT molecular complexity index is 302. The molecule has 0 aromatic heterocycles. The van der Waals surface area contributed by atoms with Crippen LogP contribution in [0.3, 0.4) is 0 Å². The van der Waals surface area contributed by atoms with Crippen LogP contribution >= 0.6 is 0 Å². The van der Waals surface area contributed by atoms with Crippen molar-refractivity contribution in [1.82, 2.24) is 0 Å². The first kappa shape index (κ1) is 12.0. The molecule has 4 heteroatoms. The molecule has 1 rings (SSSR count). The number of nitrogens with two attached hydrogens (primary N) is 1. The lowest BCUT2D eigenvalue weighted by molar-refractivity contribution is 0.141. The molecule has 0 fully saturated rings. The van der Waals surface area contributed by atoms with E-state index < -0.39 is 0 Å². The van der Waals surface area contributed by atoms with Gasteiger partial charge in [-0.1, -0.05) is 12.1 Å². The van der Waals surface area contributed by atoms with Gasteiger partial charge in [-0.15, -0.1) is 0 Å². The molecule has 0 bridgehead atoms. The summed E-state index contributed by atoms with van der Waals surface area (Å²) < 4.78 is 10.3. The van der Waals surface area contributed by atoms with Gasteiger partial charge in [0.15, 0.2) is 0 Å². The van der Waals surface area contributed by atoms with Gasteiger partial charge in [-0.05, 0) is 18.1 Å². The van der Waals surface area contributed by atoms with Gasteiger partial charge in [0.05, 0.1) is 20.3 Å². The Balaban J connectivity index is 2.77. The highest BCUT2D eigenvalue weighted by Gasteiger charge is 2.03. The summed E-state index contributed by atoms with van der Waals surface area (Å²) in [6, 6.07) is 6.00. The summed E-state index contributed by atoms with van der Waals surface area (Å²) >= 11 is 0.